The van der Waals surface area contributed by atoms with Crippen LogP contribution in [0.15, 0.2) is 18.9 Å². The third kappa shape index (κ3) is 1.84. The Hall–Kier alpha value is -1.58. The number of carbonyl (C=O) groups is 1. The highest BCUT2D eigenvalue weighted by molar-refractivity contribution is 5.97. The molecule has 0 aliphatic rings. The van der Waals surface area contributed by atoms with Crippen molar-refractivity contribution in [1.82, 2.24) is 9.78 Å². The Balaban J connectivity index is 3.07. The molecule has 76 valence electrons. The molecule has 0 amide bonds. The summed E-state index contributed by atoms with van der Waals surface area (Å²) in [5, 5.41) is 4.05. The molecule has 4 heteroatoms. The number of rotatable bonds is 5. The van der Waals surface area contributed by atoms with E-state index in [4.69, 9.17) is 4.74 Å². The highest BCUT2D eigenvalue weighted by atomic mass is 16.5. The van der Waals surface area contributed by atoms with Crippen molar-refractivity contribution in [2.45, 2.75) is 19.9 Å². The third-order valence-electron chi connectivity index (χ3n) is 1.92. The Morgan fingerprint density at radius 3 is 3.00 bits per heavy atom. The van der Waals surface area contributed by atoms with E-state index in [-0.39, 0.29) is 5.78 Å². The molecule has 0 bridgehead atoms. The Kier molecular flexibility index (Phi) is 3.45. The van der Waals surface area contributed by atoms with Gasteiger partial charge in [0.15, 0.2) is 11.5 Å². The molecule has 1 rings (SSSR count). The standard InChI is InChI=1S/C10H14N2O2/c1-4-6-8(13)10-9(14-3)7-11-12(10)5-2/h4,7H,1,5-6H2,2-3H3. The maximum absolute atomic E-state index is 11.7. The van der Waals surface area contributed by atoms with Crippen molar-refractivity contribution in [3.63, 3.8) is 0 Å². The molecule has 0 unspecified atom stereocenters. The number of carbonyl (C=O) groups excluding carboxylic acids is 1. The predicted molar refractivity (Wildman–Crippen MR) is 53.6 cm³/mol. The smallest absolute Gasteiger partial charge is 0.188 e. The van der Waals surface area contributed by atoms with E-state index >= 15 is 0 Å². The minimum absolute atomic E-state index is 0.0174. The van der Waals surface area contributed by atoms with Gasteiger partial charge >= 0.3 is 0 Å². The quantitative estimate of drug-likeness (QED) is 0.529. The van der Waals surface area contributed by atoms with Gasteiger partial charge in [0.2, 0.25) is 0 Å². The lowest BCUT2D eigenvalue weighted by atomic mass is 10.2. The molecule has 4 nitrogen and oxygen atoms in total. The summed E-state index contributed by atoms with van der Waals surface area (Å²) < 4.78 is 6.69. The average molecular weight is 194 g/mol. The summed E-state index contributed by atoms with van der Waals surface area (Å²) in [5.74, 6) is 0.509. The van der Waals surface area contributed by atoms with Gasteiger partial charge in [0.1, 0.15) is 5.69 Å². The van der Waals surface area contributed by atoms with Crippen molar-refractivity contribution >= 4 is 5.78 Å². The molecule has 0 N–H and O–H groups in total. The molecule has 14 heavy (non-hydrogen) atoms. The van der Waals surface area contributed by atoms with Gasteiger partial charge in [0.25, 0.3) is 0 Å². The SMILES string of the molecule is C=CCC(=O)c1c(OC)cnn1CC. The van der Waals surface area contributed by atoms with E-state index in [1.165, 1.54) is 7.11 Å². The number of hydrogen-bond acceptors (Lipinski definition) is 3. The number of aryl methyl sites for hydroxylation is 1. The number of Topliss-reactive ketones (excluding diaryl/α,β-unsaturated/α-hetero) is 1. The van der Waals surface area contributed by atoms with Crippen LogP contribution < -0.4 is 4.74 Å². The fraction of sp³-hybridized carbons (Fsp3) is 0.400. The molecule has 0 radical (unpaired) electrons. The van der Waals surface area contributed by atoms with Gasteiger partial charge in [0.05, 0.1) is 13.3 Å². The van der Waals surface area contributed by atoms with Crippen molar-refractivity contribution in [2.75, 3.05) is 7.11 Å². The molecule has 0 atom stereocenters. The molecule has 0 saturated carbocycles. The number of ketones is 1. The van der Waals surface area contributed by atoms with E-state index in [0.29, 0.717) is 24.4 Å². The fourth-order valence-electron chi connectivity index (χ4n) is 1.27. The number of hydrogen-bond donors (Lipinski definition) is 0. The molecule has 1 aromatic heterocycles. The van der Waals surface area contributed by atoms with Crippen LogP contribution in [0.1, 0.15) is 23.8 Å². The number of allylic oxidation sites excluding steroid dienone is 1. The van der Waals surface area contributed by atoms with Gasteiger partial charge in [-0.2, -0.15) is 5.10 Å². The zero-order valence-electron chi connectivity index (χ0n) is 8.49. The van der Waals surface area contributed by atoms with Crippen LogP contribution in [0.2, 0.25) is 0 Å². The first-order valence-electron chi connectivity index (χ1n) is 4.48. The minimum atomic E-state index is -0.0174. The van der Waals surface area contributed by atoms with Crippen molar-refractivity contribution in [2.24, 2.45) is 0 Å². The molecule has 1 aromatic rings. The maximum Gasteiger partial charge on any atom is 0.188 e. The fourth-order valence-corrected chi connectivity index (χ4v) is 1.27. The topological polar surface area (TPSA) is 44.1 Å². The van der Waals surface area contributed by atoms with Crippen LogP contribution in [0.5, 0.6) is 5.75 Å². The molecule has 0 fully saturated rings. The maximum atomic E-state index is 11.7. The summed E-state index contributed by atoms with van der Waals surface area (Å²) in [6, 6.07) is 0. The molecule has 0 aliphatic heterocycles. The molecular weight excluding hydrogens is 180 g/mol. The second kappa shape index (κ2) is 4.60. The second-order valence-corrected chi connectivity index (χ2v) is 2.79. The lowest BCUT2D eigenvalue weighted by Crippen LogP contribution is -2.09. The zero-order chi connectivity index (χ0) is 10.6. The van der Waals surface area contributed by atoms with Crippen LogP contribution in [-0.2, 0) is 6.54 Å². The molecule has 0 aliphatic carbocycles. The number of aromatic nitrogens is 2. The summed E-state index contributed by atoms with van der Waals surface area (Å²) >= 11 is 0. The van der Waals surface area contributed by atoms with Gasteiger partial charge in [-0.05, 0) is 6.92 Å². The minimum Gasteiger partial charge on any atom is -0.493 e. The molecular formula is C10H14N2O2. The highest BCUT2D eigenvalue weighted by Crippen LogP contribution is 2.19. The van der Waals surface area contributed by atoms with Gasteiger partial charge < -0.3 is 4.74 Å². The normalized spacial score (nSPS) is 9.86. The van der Waals surface area contributed by atoms with Crippen LogP contribution in [0.25, 0.3) is 0 Å². The largest absolute Gasteiger partial charge is 0.493 e. The Morgan fingerprint density at radius 2 is 2.50 bits per heavy atom. The van der Waals surface area contributed by atoms with E-state index in [1.807, 2.05) is 6.92 Å². The van der Waals surface area contributed by atoms with E-state index in [1.54, 1.807) is 17.0 Å². The number of ether oxygens (including phenoxy) is 1. The van der Waals surface area contributed by atoms with Crippen molar-refractivity contribution in [3.05, 3.63) is 24.5 Å². The Morgan fingerprint density at radius 1 is 1.79 bits per heavy atom. The molecule has 0 spiro atoms. The van der Waals surface area contributed by atoms with Gasteiger partial charge in [-0.3, -0.25) is 9.48 Å². The Bertz CT molecular complexity index is 320. The van der Waals surface area contributed by atoms with E-state index in [0.717, 1.165) is 0 Å². The van der Waals surface area contributed by atoms with Crippen LogP contribution in [0, 0.1) is 0 Å². The van der Waals surface area contributed by atoms with Crippen molar-refractivity contribution in [1.29, 1.82) is 0 Å². The van der Waals surface area contributed by atoms with Crippen LogP contribution in [-0.4, -0.2) is 22.7 Å². The summed E-state index contributed by atoms with van der Waals surface area (Å²) in [6.07, 6.45) is 3.44. The summed E-state index contributed by atoms with van der Waals surface area (Å²) in [5.41, 5.74) is 0.523. The average Bonchev–Trinajstić information content (AvgIpc) is 2.60. The van der Waals surface area contributed by atoms with E-state index in [2.05, 4.69) is 11.7 Å². The molecule has 0 saturated heterocycles. The van der Waals surface area contributed by atoms with Gasteiger partial charge in [-0.25, -0.2) is 0 Å². The molecule has 1 heterocycles. The summed E-state index contributed by atoms with van der Waals surface area (Å²) in [6.45, 7) is 6.11. The first-order valence-corrected chi connectivity index (χ1v) is 4.48. The number of nitrogens with zero attached hydrogens (tertiary/aromatic N) is 2. The monoisotopic (exact) mass is 194 g/mol. The van der Waals surface area contributed by atoms with Gasteiger partial charge in [-0.1, -0.05) is 6.08 Å². The van der Waals surface area contributed by atoms with E-state index in [9.17, 15) is 4.79 Å². The van der Waals surface area contributed by atoms with Crippen molar-refractivity contribution in [3.8, 4) is 5.75 Å². The van der Waals surface area contributed by atoms with Crippen molar-refractivity contribution < 1.29 is 9.53 Å². The van der Waals surface area contributed by atoms with E-state index < -0.39 is 0 Å². The second-order valence-electron chi connectivity index (χ2n) is 2.79. The zero-order valence-corrected chi connectivity index (χ0v) is 8.49. The summed E-state index contributed by atoms with van der Waals surface area (Å²) in [7, 11) is 1.53. The van der Waals surface area contributed by atoms with Gasteiger partial charge in [-0.15, -0.1) is 6.58 Å². The van der Waals surface area contributed by atoms with Crippen LogP contribution >= 0.6 is 0 Å². The lowest BCUT2D eigenvalue weighted by molar-refractivity contribution is 0.0982. The first kappa shape index (κ1) is 10.5. The van der Waals surface area contributed by atoms with Crippen LogP contribution in [0.4, 0.5) is 0 Å². The predicted octanol–water partition coefficient (Wildman–Crippen LogP) is 1.67. The Labute approximate surface area is 83.2 Å². The molecule has 0 aromatic carbocycles. The third-order valence-corrected chi connectivity index (χ3v) is 1.92. The number of methoxy groups -OCH3 is 1. The van der Waals surface area contributed by atoms with Gasteiger partial charge in [0, 0.05) is 13.0 Å². The highest BCUT2D eigenvalue weighted by Gasteiger charge is 2.16. The summed E-state index contributed by atoms with van der Waals surface area (Å²) in [4.78, 5) is 11.7. The lowest BCUT2D eigenvalue weighted by Gasteiger charge is -2.04. The van der Waals surface area contributed by atoms with Crippen LogP contribution in [0.3, 0.4) is 0 Å². The first-order chi connectivity index (χ1) is 6.74.